The number of nitrogens with one attached hydrogen (secondary N) is 1. The fraction of sp³-hybridized carbons (Fsp3) is 0.267. The smallest absolute Gasteiger partial charge is 0.293 e. The van der Waals surface area contributed by atoms with Crippen LogP contribution < -0.4 is 5.32 Å². The summed E-state index contributed by atoms with van der Waals surface area (Å²) in [4.78, 5) is 27.3. The van der Waals surface area contributed by atoms with Gasteiger partial charge in [0.15, 0.2) is 12.2 Å². The molecule has 0 atom stereocenters. The number of carbonyl (C=O) groups excluding carboxylic acids is 2. The lowest BCUT2D eigenvalue weighted by Gasteiger charge is -2.06. The number of oxazole rings is 1. The summed E-state index contributed by atoms with van der Waals surface area (Å²) in [6.45, 7) is 5.38. The average molecular weight is 272 g/mol. The third-order valence-electron chi connectivity index (χ3n) is 2.90. The molecule has 1 N–H and O–H groups in total. The fourth-order valence-electron chi connectivity index (χ4n) is 1.81. The fourth-order valence-corrected chi connectivity index (χ4v) is 1.81. The van der Waals surface area contributed by atoms with E-state index in [1.54, 1.807) is 24.3 Å². The standard InChI is InChI=1S/C15H16N2O3/c1-9(2)13-14(20-8-16-13)15(19)17-12-6-4-11(5-7-12)10(3)18/h4-9H,1-3H3,(H,17,19). The molecule has 0 unspecified atom stereocenters. The number of ketones is 1. The summed E-state index contributed by atoms with van der Waals surface area (Å²) >= 11 is 0. The number of hydrogen-bond donors (Lipinski definition) is 1. The van der Waals surface area contributed by atoms with Crippen LogP contribution in [0.15, 0.2) is 35.1 Å². The van der Waals surface area contributed by atoms with E-state index in [4.69, 9.17) is 4.42 Å². The van der Waals surface area contributed by atoms with Crippen LogP contribution in [0.2, 0.25) is 0 Å². The molecule has 1 amide bonds. The highest BCUT2D eigenvalue weighted by atomic mass is 16.3. The van der Waals surface area contributed by atoms with Crippen LogP contribution in [0.25, 0.3) is 0 Å². The number of Topliss-reactive ketones (excluding diaryl/α,β-unsaturated/α-hetero) is 1. The molecular weight excluding hydrogens is 256 g/mol. The zero-order valence-corrected chi connectivity index (χ0v) is 11.6. The first kappa shape index (κ1) is 14.0. The average Bonchev–Trinajstić information content (AvgIpc) is 2.88. The second-order valence-electron chi connectivity index (χ2n) is 4.81. The summed E-state index contributed by atoms with van der Waals surface area (Å²) in [6.07, 6.45) is 1.27. The molecule has 2 aromatic rings. The number of hydrogen-bond acceptors (Lipinski definition) is 4. The molecule has 20 heavy (non-hydrogen) atoms. The summed E-state index contributed by atoms with van der Waals surface area (Å²) in [5.74, 6) is -0.0350. The molecule has 1 aromatic carbocycles. The third-order valence-corrected chi connectivity index (χ3v) is 2.90. The Morgan fingerprint density at radius 1 is 1.20 bits per heavy atom. The van der Waals surface area contributed by atoms with Gasteiger partial charge in [-0.3, -0.25) is 9.59 Å². The van der Waals surface area contributed by atoms with Crippen molar-refractivity contribution in [3.63, 3.8) is 0 Å². The summed E-state index contributed by atoms with van der Waals surface area (Å²) in [5, 5.41) is 2.72. The Morgan fingerprint density at radius 2 is 1.85 bits per heavy atom. The van der Waals surface area contributed by atoms with Gasteiger partial charge in [0.2, 0.25) is 5.76 Å². The highest BCUT2D eigenvalue weighted by molar-refractivity contribution is 6.03. The van der Waals surface area contributed by atoms with E-state index in [9.17, 15) is 9.59 Å². The third kappa shape index (κ3) is 2.93. The van der Waals surface area contributed by atoms with Crippen molar-refractivity contribution in [1.29, 1.82) is 0 Å². The molecule has 0 aliphatic carbocycles. The number of nitrogens with zero attached hydrogens (tertiary/aromatic N) is 1. The molecule has 0 fully saturated rings. The quantitative estimate of drug-likeness (QED) is 0.867. The molecule has 0 saturated heterocycles. The van der Waals surface area contributed by atoms with Gasteiger partial charge in [-0.1, -0.05) is 13.8 Å². The normalized spacial score (nSPS) is 10.6. The van der Waals surface area contributed by atoms with Crippen LogP contribution in [-0.4, -0.2) is 16.7 Å². The second-order valence-corrected chi connectivity index (χ2v) is 4.81. The molecular formula is C15H16N2O3. The van der Waals surface area contributed by atoms with Crippen LogP contribution in [0.1, 0.15) is 53.3 Å². The highest BCUT2D eigenvalue weighted by Gasteiger charge is 2.19. The van der Waals surface area contributed by atoms with Crippen molar-refractivity contribution in [3.8, 4) is 0 Å². The Bertz CT molecular complexity index is 627. The van der Waals surface area contributed by atoms with Crippen molar-refractivity contribution in [2.75, 3.05) is 5.32 Å². The molecule has 5 heteroatoms. The molecule has 0 aliphatic heterocycles. The predicted octanol–water partition coefficient (Wildman–Crippen LogP) is 3.25. The van der Waals surface area contributed by atoms with Crippen LogP contribution in [0.4, 0.5) is 5.69 Å². The first-order valence-corrected chi connectivity index (χ1v) is 6.34. The van der Waals surface area contributed by atoms with Crippen molar-refractivity contribution in [2.24, 2.45) is 0 Å². The van der Waals surface area contributed by atoms with Crippen molar-refractivity contribution >= 4 is 17.4 Å². The first-order valence-electron chi connectivity index (χ1n) is 6.34. The number of amides is 1. The van der Waals surface area contributed by atoms with Gasteiger partial charge >= 0.3 is 0 Å². The lowest BCUT2D eigenvalue weighted by molar-refractivity contribution is 0.0993. The van der Waals surface area contributed by atoms with Gasteiger partial charge in [0, 0.05) is 11.3 Å². The van der Waals surface area contributed by atoms with Gasteiger partial charge in [0.25, 0.3) is 5.91 Å². The molecule has 0 aliphatic rings. The number of rotatable bonds is 4. The minimum Gasteiger partial charge on any atom is -0.438 e. The Balaban J connectivity index is 2.15. The molecule has 1 heterocycles. The lowest BCUT2D eigenvalue weighted by Crippen LogP contribution is -2.13. The maximum Gasteiger partial charge on any atom is 0.293 e. The van der Waals surface area contributed by atoms with Gasteiger partial charge in [-0.2, -0.15) is 0 Å². The molecule has 0 radical (unpaired) electrons. The van der Waals surface area contributed by atoms with Gasteiger partial charge < -0.3 is 9.73 Å². The minimum atomic E-state index is -0.346. The van der Waals surface area contributed by atoms with Gasteiger partial charge in [0.1, 0.15) is 0 Å². The maximum atomic E-state index is 12.1. The number of aromatic nitrogens is 1. The van der Waals surface area contributed by atoms with Crippen molar-refractivity contribution in [1.82, 2.24) is 4.98 Å². The highest BCUT2D eigenvalue weighted by Crippen LogP contribution is 2.19. The molecule has 0 saturated carbocycles. The van der Waals surface area contributed by atoms with Gasteiger partial charge in [0.05, 0.1) is 5.69 Å². The van der Waals surface area contributed by atoms with Crippen molar-refractivity contribution in [3.05, 3.63) is 47.7 Å². The molecule has 104 valence electrons. The monoisotopic (exact) mass is 272 g/mol. The summed E-state index contributed by atoms with van der Waals surface area (Å²) in [7, 11) is 0. The second kappa shape index (κ2) is 5.69. The van der Waals surface area contributed by atoms with E-state index in [0.717, 1.165) is 0 Å². The zero-order chi connectivity index (χ0) is 14.7. The van der Waals surface area contributed by atoms with Gasteiger partial charge in [-0.15, -0.1) is 0 Å². The molecule has 2 rings (SSSR count). The van der Waals surface area contributed by atoms with E-state index in [-0.39, 0.29) is 23.4 Å². The molecule has 0 bridgehead atoms. The summed E-state index contributed by atoms with van der Waals surface area (Å²) < 4.78 is 5.14. The van der Waals surface area contributed by atoms with E-state index in [0.29, 0.717) is 16.9 Å². The van der Waals surface area contributed by atoms with Crippen LogP contribution in [0.3, 0.4) is 0 Å². The number of carbonyl (C=O) groups is 2. The predicted molar refractivity (Wildman–Crippen MR) is 75.0 cm³/mol. The Morgan fingerprint density at radius 3 is 2.40 bits per heavy atom. The van der Waals surface area contributed by atoms with Gasteiger partial charge in [-0.25, -0.2) is 4.98 Å². The lowest BCUT2D eigenvalue weighted by atomic mass is 10.1. The van der Waals surface area contributed by atoms with Gasteiger partial charge in [-0.05, 0) is 37.1 Å². The zero-order valence-electron chi connectivity index (χ0n) is 11.6. The van der Waals surface area contributed by atoms with E-state index in [1.165, 1.54) is 13.3 Å². The number of anilines is 1. The van der Waals surface area contributed by atoms with Crippen LogP contribution in [-0.2, 0) is 0 Å². The van der Waals surface area contributed by atoms with Crippen LogP contribution in [0.5, 0.6) is 0 Å². The van der Waals surface area contributed by atoms with Crippen LogP contribution >= 0.6 is 0 Å². The van der Waals surface area contributed by atoms with Crippen molar-refractivity contribution < 1.29 is 14.0 Å². The SMILES string of the molecule is CC(=O)c1ccc(NC(=O)c2ocnc2C(C)C)cc1. The van der Waals surface area contributed by atoms with Crippen LogP contribution in [0, 0.1) is 0 Å². The summed E-state index contributed by atoms with van der Waals surface area (Å²) in [6, 6.07) is 6.70. The first-order chi connectivity index (χ1) is 9.49. The van der Waals surface area contributed by atoms with E-state index < -0.39 is 0 Å². The Labute approximate surface area is 117 Å². The maximum absolute atomic E-state index is 12.1. The Hall–Kier alpha value is -2.43. The number of benzene rings is 1. The van der Waals surface area contributed by atoms with E-state index >= 15 is 0 Å². The Kier molecular flexibility index (Phi) is 3.98. The van der Waals surface area contributed by atoms with E-state index in [1.807, 2.05) is 13.8 Å². The topological polar surface area (TPSA) is 72.2 Å². The summed E-state index contributed by atoms with van der Waals surface area (Å²) in [5.41, 5.74) is 1.83. The minimum absolute atomic E-state index is 0.0137. The van der Waals surface area contributed by atoms with E-state index in [2.05, 4.69) is 10.3 Å². The van der Waals surface area contributed by atoms with Crippen molar-refractivity contribution in [2.45, 2.75) is 26.7 Å². The molecule has 0 spiro atoms. The molecule has 1 aromatic heterocycles. The molecule has 5 nitrogen and oxygen atoms in total. The largest absolute Gasteiger partial charge is 0.438 e.